The molecule has 138 valence electrons. The van der Waals surface area contributed by atoms with E-state index in [1.54, 1.807) is 12.4 Å². The molecule has 25 heavy (non-hydrogen) atoms. The summed E-state index contributed by atoms with van der Waals surface area (Å²) in [5.74, 6) is 1.19. The number of hydrogen-bond acceptors (Lipinski definition) is 3. The smallest absolute Gasteiger partial charge is 0.222 e. The van der Waals surface area contributed by atoms with Gasteiger partial charge in [0.05, 0.1) is 0 Å². The molecule has 1 saturated heterocycles. The van der Waals surface area contributed by atoms with E-state index in [-0.39, 0.29) is 5.91 Å². The second-order valence-electron chi connectivity index (χ2n) is 8.04. The van der Waals surface area contributed by atoms with E-state index in [1.165, 1.54) is 31.2 Å². The van der Waals surface area contributed by atoms with E-state index in [1.807, 2.05) is 24.1 Å². The van der Waals surface area contributed by atoms with Crippen molar-refractivity contribution in [3.8, 4) is 0 Å². The molecule has 2 aliphatic rings. The Morgan fingerprint density at radius 3 is 2.40 bits per heavy atom. The van der Waals surface area contributed by atoms with Crippen molar-refractivity contribution in [2.45, 2.75) is 70.4 Å². The van der Waals surface area contributed by atoms with E-state index in [0.29, 0.717) is 12.5 Å². The molecular weight excluding hydrogens is 310 g/mol. The monoisotopic (exact) mass is 343 g/mol. The summed E-state index contributed by atoms with van der Waals surface area (Å²) < 4.78 is 0. The minimum Gasteiger partial charge on any atom is -0.343 e. The number of nitrogens with zero attached hydrogens (tertiary/aromatic N) is 3. The quantitative estimate of drug-likeness (QED) is 0.821. The first-order chi connectivity index (χ1) is 12.1. The number of pyridine rings is 1. The van der Waals surface area contributed by atoms with Crippen LogP contribution < -0.4 is 0 Å². The SMILES string of the molecule is CC1CCC(N2CCC(N(C)C(=O)CCc3ccncc3)CC2)CC1. The van der Waals surface area contributed by atoms with Gasteiger partial charge in [0.15, 0.2) is 0 Å². The summed E-state index contributed by atoms with van der Waals surface area (Å²) in [6.45, 7) is 4.70. The van der Waals surface area contributed by atoms with Crippen molar-refractivity contribution in [3.63, 3.8) is 0 Å². The van der Waals surface area contributed by atoms with Crippen molar-refractivity contribution in [1.82, 2.24) is 14.8 Å². The van der Waals surface area contributed by atoms with Crippen LogP contribution in [0.15, 0.2) is 24.5 Å². The van der Waals surface area contributed by atoms with Crippen LogP contribution in [-0.2, 0) is 11.2 Å². The molecule has 0 spiro atoms. The van der Waals surface area contributed by atoms with Gasteiger partial charge in [0.2, 0.25) is 5.91 Å². The van der Waals surface area contributed by atoms with Gasteiger partial charge in [-0.05, 0) is 68.6 Å². The van der Waals surface area contributed by atoms with Crippen LogP contribution >= 0.6 is 0 Å². The van der Waals surface area contributed by atoms with Crippen LogP contribution in [0.5, 0.6) is 0 Å². The Balaban J connectivity index is 1.41. The first-order valence-corrected chi connectivity index (χ1v) is 10.0. The molecule has 0 bridgehead atoms. The number of likely N-dealkylation sites (tertiary alicyclic amines) is 1. The van der Waals surface area contributed by atoms with Gasteiger partial charge < -0.3 is 9.80 Å². The maximum atomic E-state index is 12.5. The number of piperidine rings is 1. The predicted octanol–water partition coefficient (Wildman–Crippen LogP) is 3.52. The normalized spacial score (nSPS) is 25.7. The fourth-order valence-corrected chi connectivity index (χ4v) is 4.43. The number of hydrogen-bond donors (Lipinski definition) is 0. The van der Waals surface area contributed by atoms with Crippen LogP contribution in [0.4, 0.5) is 0 Å². The van der Waals surface area contributed by atoms with Crippen molar-refractivity contribution in [1.29, 1.82) is 0 Å². The fourth-order valence-electron chi connectivity index (χ4n) is 4.43. The third kappa shape index (κ3) is 5.04. The number of carbonyl (C=O) groups excluding carboxylic acids is 1. The van der Waals surface area contributed by atoms with Crippen LogP contribution in [-0.4, -0.2) is 52.9 Å². The van der Waals surface area contributed by atoms with Crippen molar-refractivity contribution in [2.75, 3.05) is 20.1 Å². The van der Waals surface area contributed by atoms with Crippen molar-refractivity contribution in [3.05, 3.63) is 30.1 Å². The molecule has 0 atom stereocenters. The zero-order valence-corrected chi connectivity index (χ0v) is 15.9. The summed E-state index contributed by atoms with van der Waals surface area (Å²) in [5.41, 5.74) is 1.19. The van der Waals surface area contributed by atoms with E-state index in [9.17, 15) is 4.79 Å². The fraction of sp³-hybridized carbons (Fsp3) is 0.714. The minimum atomic E-state index is 0.279. The van der Waals surface area contributed by atoms with E-state index in [4.69, 9.17) is 0 Å². The van der Waals surface area contributed by atoms with E-state index < -0.39 is 0 Å². The summed E-state index contributed by atoms with van der Waals surface area (Å²) in [7, 11) is 2.00. The second-order valence-corrected chi connectivity index (χ2v) is 8.04. The Labute approximate surface area is 152 Å². The van der Waals surface area contributed by atoms with Gasteiger partial charge in [0.1, 0.15) is 0 Å². The molecule has 2 fully saturated rings. The molecule has 2 heterocycles. The molecular formula is C21H33N3O. The lowest BCUT2D eigenvalue weighted by atomic mass is 9.85. The maximum absolute atomic E-state index is 12.5. The third-order valence-corrected chi connectivity index (χ3v) is 6.32. The van der Waals surface area contributed by atoms with Gasteiger partial charge in [-0.2, -0.15) is 0 Å². The molecule has 0 unspecified atom stereocenters. The minimum absolute atomic E-state index is 0.279. The third-order valence-electron chi connectivity index (χ3n) is 6.32. The molecule has 4 nitrogen and oxygen atoms in total. The number of rotatable bonds is 5. The first kappa shape index (κ1) is 18.4. The Morgan fingerprint density at radius 1 is 1.12 bits per heavy atom. The van der Waals surface area contributed by atoms with Crippen molar-refractivity contribution < 1.29 is 4.79 Å². The Morgan fingerprint density at radius 2 is 1.76 bits per heavy atom. The highest BCUT2D eigenvalue weighted by molar-refractivity contribution is 5.76. The molecule has 0 N–H and O–H groups in total. The number of carbonyl (C=O) groups is 1. The summed E-state index contributed by atoms with van der Waals surface area (Å²) in [6, 6.07) is 5.21. The van der Waals surface area contributed by atoms with E-state index >= 15 is 0 Å². The van der Waals surface area contributed by atoms with Gasteiger partial charge >= 0.3 is 0 Å². The molecule has 1 aliphatic carbocycles. The van der Waals surface area contributed by atoms with Gasteiger partial charge in [-0.3, -0.25) is 9.78 Å². The standard InChI is InChI=1S/C21H33N3O/c1-17-3-6-20(7-4-17)24-15-11-19(12-16-24)23(2)21(25)8-5-18-9-13-22-14-10-18/h9-10,13-14,17,19-20H,3-8,11-12,15-16H2,1-2H3. The van der Waals surface area contributed by atoms with Crippen LogP contribution in [0.3, 0.4) is 0 Å². The van der Waals surface area contributed by atoms with Gasteiger partial charge in [0, 0.05) is 51.0 Å². The van der Waals surface area contributed by atoms with Crippen LogP contribution in [0.2, 0.25) is 0 Å². The van der Waals surface area contributed by atoms with E-state index in [2.05, 4.69) is 16.8 Å². The average Bonchev–Trinajstić information content (AvgIpc) is 2.67. The summed E-state index contributed by atoms with van der Waals surface area (Å²) in [4.78, 5) is 21.3. The zero-order valence-electron chi connectivity index (χ0n) is 15.9. The summed E-state index contributed by atoms with van der Waals surface area (Å²) >= 11 is 0. The van der Waals surface area contributed by atoms with Gasteiger partial charge in [-0.25, -0.2) is 0 Å². The molecule has 0 radical (unpaired) electrons. The van der Waals surface area contributed by atoms with Crippen molar-refractivity contribution in [2.24, 2.45) is 5.92 Å². The lowest BCUT2D eigenvalue weighted by molar-refractivity contribution is -0.133. The van der Waals surface area contributed by atoms with Crippen LogP contribution in [0.1, 0.15) is 57.4 Å². The topological polar surface area (TPSA) is 36.4 Å². The average molecular weight is 344 g/mol. The van der Waals surface area contributed by atoms with Crippen LogP contribution in [0, 0.1) is 5.92 Å². The van der Waals surface area contributed by atoms with E-state index in [0.717, 1.165) is 44.3 Å². The Hall–Kier alpha value is -1.42. The maximum Gasteiger partial charge on any atom is 0.222 e. The second kappa shape index (κ2) is 8.79. The highest BCUT2D eigenvalue weighted by Crippen LogP contribution is 2.29. The molecule has 3 rings (SSSR count). The summed E-state index contributed by atoms with van der Waals surface area (Å²) in [6.07, 6.45) is 12.8. The van der Waals surface area contributed by atoms with Crippen molar-refractivity contribution >= 4 is 5.91 Å². The number of amides is 1. The lowest BCUT2D eigenvalue weighted by Crippen LogP contribution is -2.49. The van der Waals surface area contributed by atoms with Gasteiger partial charge in [-0.15, -0.1) is 0 Å². The van der Waals surface area contributed by atoms with Gasteiger partial charge in [0.25, 0.3) is 0 Å². The first-order valence-electron chi connectivity index (χ1n) is 10.0. The molecule has 1 saturated carbocycles. The Kier molecular flexibility index (Phi) is 6.46. The predicted molar refractivity (Wildman–Crippen MR) is 101 cm³/mol. The number of aryl methyl sites for hydroxylation is 1. The number of aromatic nitrogens is 1. The highest BCUT2D eigenvalue weighted by Gasteiger charge is 2.30. The van der Waals surface area contributed by atoms with Crippen LogP contribution in [0.25, 0.3) is 0 Å². The molecule has 1 aliphatic heterocycles. The highest BCUT2D eigenvalue weighted by atomic mass is 16.2. The summed E-state index contributed by atoms with van der Waals surface area (Å²) in [5, 5.41) is 0. The Bertz CT molecular complexity index is 531. The molecule has 1 amide bonds. The van der Waals surface area contributed by atoms with Gasteiger partial charge in [-0.1, -0.05) is 6.92 Å². The molecule has 1 aromatic heterocycles. The zero-order chi connectivity index (χ0) is 17.6. The lowest BCUT2D eigenvalue weighted by Gasteiger charge is -2.42. The molecule has 1 aromatic rings. The molecule has 0 aromatic carbocycles. The molecule has 4 heteroatoms. The largest absolute Gasteiger partial charge is 0.343 e.